The lowest BCUT2D eigenvalue weighted by Crippen LogP contribution is -2.40. The molecule has 0 spiro atoms. The van der Waals surface area contributed by atoms with E-state index >= 15 is 0 Å². The first-order valence-electron chi connectivity index (χ1n) is 6.17. The molecule has 0 unspecified atom stereocenters. The number of hydrogen-bond donors (Lipinski definition) is 2. The molecule has 1 aromatic rings. The van der Waals surface area contributed by atoms with Crippen LogP contribution >= 0.6 is 0 Å². The molecule has 0 bridgehead atoms. The van der Waals surface area contributed by atoms with Crippen LogP contribution in [0.1, 0.15) is 27.7 Å². The smallest absolute Gasteiger partial charge is 0.407 e. The number of phenolic OH excluding ortho intramolecular Hbond substituents is 1. The number of phenols is 1. The minimum absolute atomic E-state index is 0.177. The van der Waals surface area contributed by atoms with Crippen molar-refractivity contribution < 1.29 is 19.4 Å². The van der Waals surface area contributed by atoms with Crippen molar-refractivity contribution in [2.24, 2.45) is 0 Å². The predicted octanol–water partition coefficient (Wildman–Crippen LogP) is 2.68. The van der Waals surface area contributed by atoms with Crippen molar-refractivity contribution in [1.29, 1.82) is 0 Å². The Balaban J connectivity index is 2.33. The van der Waals surface area contributed by atoms with Crippen molar-refractivity contribution in [3.8, 4) is 11.5 Å². The lowest BCUT2D eigenvalue weighted by atomic mass is 10.2. The maximum Gasteiger partial charge on any atom is 0.407 e. The fraction of sp³-hybridized carbons (Fsp3) is 0.500. The van der Waals surface area contributed by atoms with Crippen LogP contribution in [0.2, 0.25) is 0 Å². The molecule has 1 atom stereocenters. The molecular formula is C14H21NO4. The molecule has 0 fully saturated rings. The van der Waals surface area contributed by atoms with E-state index in [1.165, 1.54) is 0 Å². The summed E-state index contributed by atoms with van der Waals surface area (Å²) in [7, 11) is 0. The normalized spacial score (nSPS) is 12.6. The molecule has 0 heterocycles. The van der Waals surface area contributed by atoms with Gasteiger partial charge < -0.3 is 19.9 Å². The van der Waals surface area contributed by atoms with E-state index in [2.05, 4.69) is 5.32 Å². The van der Waals surface area contributed by atoms with E-state index in [1.807, 2.05) is 27.7 Å². The van der Waals surface area contributed by atoms with E-state index in [9.17, 15) is 4.79 Å². The van der Waals surface area contributed by atoms with Gasteiger partial charge in [0.1, 0.15) is 23.7 Å². The second-order valence-electron chi connectivity index (χ2n) is 5.35. The molecule has 5 nitrogen and oxygen atoms in total. The van der Waals surface area contributed by atoms with Crippen LogP contribution in [0, 0.1) is 0 Å². The molecule has 0 aliphatic rings. The maximum absolute atomic E-state index is 11.5. The van der Waals surface area contributed by atoms with Gasteiger partial charge >= 0.3 is 6.09 Å². The number of benzene rings is 1. The number of carbonyl (C=O) groups is 1. The quantitative estimate of drug-likeness (QED) is 0.880. The van der Waals surface area contributed by atoms with E-state index in [0.29, 0.717) is 12.4 Å². The van der Waals surface area contributed by atoms with Crippen LogP contribution in [0.3, 0.4) is 0 Å². The number of nitrogens with one attached hydrogen (secondary N) is 1. The number of hydrogen-bond acceptors (Lipinski definition) is 4. The summed E-state index contributed by atoms with van der Waals surface area (Å²) in [6.45, 7) is 7.58. The minimum Gasteiger partial charge on any atom is -0.508 e. The maximum atomic E-state index is 11.5. The lowest BCUT2D eigenvalue weighted by molar-refractivity contribution is 0.0494. The molecule has 106 valence electrons. The first kappa shape index (κ1) is 15.1. The van der Waals surface area contributed by atoms with Gasteiger partial charge in [0.2, 0.25) is 0 Å². The van der Waals surface area contributed by atoms with Crippen LogP contribution in [0.15, 0.2) is 24.3 Å². The van der Waals surface area contributed by atoms with Gasteiger partial charge in [0.05, 0.1) is 6.04 Å². The summed E-state index contributed by atoms with van der Waals surface area (Å²) in [5.74, 6) is 0.822. The van der Waals surface area contributed by atoms with Gasteiger partial charge in [-0.15, -0.1) is 0 Å². The molecule has 2 N–H and O–H groups in total. The largest absolute Gasteiger partial charge is 0.508 e. The molecule has 1 aromatic carbocycles. The van der Waals surface area contributed by atoms with Crippen LogP contribution in [-0.2, 0) is 4.74 Å². The van der Waals surface area contributed by atoms with Crippen LogP contribution in [0.25, 0.3) is 0 Å². The standard InChI is InChI=1S/C14H21NO4/c1-10(15-13(17)19-14(2,3)4)9-18-12-7-5-11(16)6-8-12/h5-8,10,16H,9H2,1-4H3,(H,15,17)/t10-/m0/s1. The van der Waals surface area contributed by atoms with E-state index in [4.69, 9.17) is 14.6 Å². The summed E-state index contributed by atoms with van der Waals surface area (Å²) in [6.07, 6.45) is -0.464. The Hall–Kier alpha value is -1.91. The summed E-state index contributed by atoms with van der Waals surface area (Å²) in [5, 5.41) is 11.8. The summed E-state index contributed by atoms with van der Waals surface area (Å²) in [4.78, 5) is 11.5. The van der Waals surface area contributed by atoms with Gasteiger partial charge in [0.15, 0.2) is 0 Å². The van der Waals surface area contributed by atoms with Gasteiger partial charge in [-0.2, -0.15) is 0 Å². The number of carbonyl (C=O) groups excluding carboxylic acids is 1. The Labute approximate surface area is 113 Å². The highest BCUT2D eigenvalue weighted by Gasteiger charge is 2.17. The molecule has 5 heteroatoms. The Morgan fingerprint density at radius 2 is 1.89 bits per heavy atom. The van der Waals surface area contributed by atoms with Gasteiger partial charge in [-0.3, -0.25) is 0 Å². The molecule has 0 radical (unpaired) electrons. The Kier molecular flexibility index (Phi) is 5.03. The summed E-state index contributed by atoms with van der Waals surface area (Å²) in [5.41, 5.74) is -0.512. The van der Waals surface area contributed by atoms with Crippen molar-refractivity contribution in [3.05, 3.63) is 24.3 Å². The van der Waals surface area contributed by atoms with Crippen molar-refractivity contribution in [2.45, 2.75) is 39.3 Å². The second-order valence-corrected chi connectivity index (χ2v) is 5.35. The topological polar surface area (TPSA) is 67.8 Å². The highest BCUT2D eigenvalue weighted by Crippen LogP contribution is 2.16. The number of aromatic hydroxyl groups is 1. The van der Waals surface area contributed by atoms with E-state index in [1.54, 1.807) is 24.3 Å². The van der Waals surface area contributed by atoms with Gasteiger partial charge in [0, 0.05) is 0 Å². The molecule has 0 aliphatic carbocycles. The first-order chi connectivity index (χ1) is 8.76. The molecule has 1 rings (SSSR count). The lowest BCUT2D eigenvalue weighted by Gasteiger charge is -2.22. The zero-order valence-electron chi connectivity index (χ0n) is 11.8. The number of ether oxygens (including phenoxy) is 2. The van der Waals surface area contributed by atoms with Gasteiger partial charge in [0.25, 0.3) is 0 Å². The zero-order valence-corrected chi connectivity index (χ0v) is 11.8. The average molecular weight is 267 g/mol. The Morgan fingerprint density at radius 1 is 1.32 bits per heavy atom. The molecule has 19 heavy (non-hydrogen) atoms. The molecule has 0 aromatic heterocycles. The number of alkyl carbamates (subject to hydrolysis) is 1. The molecular weight excluding hydrogens is 246 g/mol. The monoisotopic (exact) mass is 267 g/mol. The van der Waals surface area contributed by atoms with E-state index in [-0.39, 0.29) is 11.8 Å². The van der Waals surface area contributed by atoms with Crippen LogP contribution in [-0.4, -0.2) is 29.4 Å². The SMILES string of the molecule is C[C@@H](COc1ccc(O)cc1)NC(=O)OC(C)(C)C. The third kappa shape index (κ3) is 6.55. The number of amides is 1. The first-order valence-corrected chi connectivity index (χ1v) is 6.17. The highest BCUT2D eigenvalue weighted by molar-refractivity contribution is 5.68. The van der Waals surface area contributed by atoms with Crippen molar-refractivity contribution in [1.82, 2.24) is 5.32 Å². The molecule has 0 saturated carbocycles. The predicted molar refractivity (Wildman–Crippen MR) is 72.4 cm³/mol. The third-order valence-electron chi connectivity index (χ3n) is 2.10. The van der Waals surface area contributed by atoms with Crippen LogP contribution in [0.5, 0.6) is 11.5 Å². The molecule has 1 amide bonds. The highest BCUT2D eigenvalue weighted by atomic mass is 16.6. The minimum atomic E-state index is -0.512. The van der Waals surface area contributed by atoms with Crippen LogP contribution < -0.4 is 10.1 Å². The van der Waals surface area contributed by atoms with Crippen LogP contribution in [0.4, 0.5) is 4.79 Å². The average Bonchev–Trinajstić information content (AvgIpc) is 2.25. The van der Waals surface area contributed by atoms with Crippen molar-refractivity contribution in [2.75, 3.05) is 6.61 Å². The zero-order chi connectivity index (χ0) is 14.5. The molecule has 0 saturated heterocycles. The van der Waals surface area contributed by atoms with Gasteiger partial charge in [-0.1, -0.05) is 0 Å². The van der Waals surface area contributed by atoms with Gasteiger partial charge in [-0.25, -0.2) is 4.79 Å². The van der Waals surface area contributed by atoms with Crippen molar-refractivity contribution in [3.63, 3.8) is 0 Å². The number of rotatable bonds is 4. The Bertz CT molecular complexity index is 408. The fourth-order valence-corrected chi connectivity index (χ4v) is 1.31. The van der Waals surface area contributed by atoms with E-state index < -0.39 is 11.7 Å². The summed E-state index contributed by atoms with van der Waals surface area (Å²) in [6, 6.07) is 6.23. The fourth-order valence-electron chi connectivity index (χ4n) is 1.31. The van der Waals surface area contributed by atoms with Crippen molar-refractivity contribution >= 4 is 6.09 Å². The molecule has 0 aliphatic heterocycles. The summed E-state index contributed by atoms with van der Waals surface area (Å²) >= 11 is 0. The van der Waals surface area contributed by atoms with E-state index in [0.717, 1.165) is 0 Å². The Morgan fingerprint density at radius 3 is 2.42 bits per heavy atom. The van der Waals surface area contributed by atoms with Gasteiger partial charge in [-0.05, 0) is 52.0 Å². The third-order valence-corrected chi connectivity index (χ3v) is 2.10. The summed E-state index contributed by atoms with van der Waals surface area (Å²) < 4.78 is 10.6. The second kappa shape index (κ2) is 6.31.